The van der Waals surface area contributed by atoms with E-state index in [-0.39, 0.29) is 6.10 Å². The van der Waals surface area contributed by atoms with Gasteiger partial charge in [-0.05, 0) is 59.0 Å². The van der Waals surface area contributed by atoms with E-state index in [4.69, 9.17) is 4.74 Å². The average Bonchev–Trinajstić information content (AvgIpc) is 2.30. The number of nitrogens with zero attached hydrogens (tertiary/aromatic N) is 2. The molecule has 12 heavy (non-hydrogen) atoms. The minimum Gasteiger partial charge on any atom is -0.358 e. The quantitative estimate of drug-likeness (QED) is 0.740. The second kappa shape index (κ2) is 4.75. The first-order chi connectivity index (χ1) is 5.61. The number of aromatic nitrogens is 2. The molecular weight excluding hydrogens is 382 g/mol. The molecule has 0 N–H and O–H groups in total. The Morgan fingerprint density at radius 1 is 1.58 bits per heavy atom. The summed E-state index contributed by atoms with van der Waals surface area (Å²) in [6, 6.07) is 0. The summed E-state index contributed by atoms with van der Waals surface area (Å²) >= 11 is 4.47. The molecule has 0 fully saturated rings. The van der Waals surface area contributed by atoms with Crippen molar-refractivity contribution in [1.29, 1.82) is 0 Å². The second-order valence-electron chi connectivity index (χ2n) is 2.64. The van der Waals surface area contributed by atoms with Gasteiger partial charge in [-0.1, -0.05) is 0 Å². The van der Waals surface area contributed by atoms with E-state index in [2.05, 4.69) is 50.2 Å². The minimum atomic E-state index is 0.265. The summed E-state index contributed by atoms with van der Waals surface area (Å²) in [4.78, 5) is 4.16. The summed E-state index contributed by atoms with van der Waals surface area (Å²) in [5, 5.41) is 0. The van der Waals surface area contributed by atoms with Gasteiger partial charge in [0.25, 0.3) is 0 Å². The fraction of sp³-hybridized carbons (Fsp3) is 0.571. The van der Waals surface area contributed by atoms with Crippen LogP contribution in [0.3, 0.4) is 0 Å². The van der Waals surface area contributed by atoms with E-state index in [1.165, 1.54) is 0 Å². The molecule has 0 amide bonds. The molecule has 0 aliphatic carbocycles. The normalized spacial score (nSPS) is 11.1. The zero-order valence-corrected chi connectivity index (χ0v) is 11.2. The van der Waals surface area contributed by atoms with Crippen LogP contribution in [0.2, 0.25) is 0 Å². The SMILES string of the molecule is CC(C)OCn1cnc(I)c1I. The third-order valence-electron chi connectivity index (χ3n) is 1.28. The van der Waals surface area contributed by atoms with Crippen molar-refractivity contribution in [2.75, 3.05) is 0 Å². The van der Waals surface area contributed by atoms with Gasteiger partial charge in [-0.3, -0.25) is 0 Å². The average molecular weight is 392 g/mol. The van der Waals surface area contributed by atoms with Crippen molar-refractivity contribution in [2.45, 2.75) is 26.7 Å². The Morgan fingerprint density at radius 3 is 2.67 bits per heavy atom. The van der Waals surface area contributed by atoms with Crippen LogP contribution in [0.1, 0.15) is 13.8 Å². The van der Waals surface area contributed by atoms with Crippen LogP contribution in [-0.4, -0.2) is 15.7 Å². The van der Waals surface area contributed by atoms with Crippen molar-refractivity contribution in [3.63, 3.8) is 0 Å². The molecular formula is C7H10I2N2O. The van der Waals surface area contributed by atoms with Crippen LogP contribution >= 0.6 is 45.2 Å². The molecule has 1 heterocycles. The lowest BCUT2D eigenvalue weighted by Crippen LogP contribution is -2.08. The Morgan fingerprint density at radius 2 is 2.25 bits per heavy atom. The van der Waals surface area contributed by atoms with Crippen LogP contribution < -0.4 is 0 Å². The van der Waals surface area contributed by atoms with Gasteiger partial charge < -0.3 is 9.30 Å². The van der Waals surface area contributed by atoms with Crippen LogP contribution in [0.15, 0.2) is 6.33 Å². The number of hydrogen-bond acceptors (Lipinski definition) is 2. The van der Waals surface area contributed by atoms with Gasteiger partial charge in [0.2, 0.25) is 0 Å². The predicted octanol–water partition coefficient (Wildman–Crippen LogP) is 2.47. The smallest absolute Gasteiger partial charge is 0.133 e. The molecule has 0 aliphatic heterocycles. The fourth-order valence-electron chi connectivity index (χ4n) is 0.662. The molecule has 1 aromatic rings. The van der Waals surface area contributed by atoms with Crippen LogP contribution in [0.25, 0.3) is 0 Å². The molecule has 5 heteroatoms. The van der Waals surface area contributed by atoms with Gasteiger partial charge >= 0.3 is 0 Å². The van der Waals surface area contributed by atoms with Crippen molar-refractivity contribution in [3.8, 4) is 0 Å². The molecule has 0 aliphatic rings. The molecule has 0 radical (unpaired) electrons. The van der Waals surface area contributed by atoms with Gasteiger partial charge in [-0.25, -0.2) is 4.98 Å². The molecule has 0 aromatic carbocycles. The lowest BCUT2D eigenvalue weighted by atomic mass is 10.5. The van der Waals surface area contributed by atoms with E-state index >= 15 is 0 Å². The first kappa shape index (κ1) is 10.7. The number of halogens is 2. The van der Waals surface area contributed by atoms with Crippen LogP contribution in [0.4, 0.5) is 0 Å². The highest BCUT2D eigenvalue weighted by Crippen LogP contribution is 2.12. The van der Waals surface area contributed by atoms with Gasteiger partial charge in [0.1, 0.15) is 14.1 Å². The third kappa shape index (κ3) is 2.84. The zero-order valence-electron chi connectivity index (χ0n) is 6.92. The van der Waals surface area contributed by atoms with E-state index in [1.807, 2.05) is 18.4 Å². The monoisotopic (exact) mass is 392 g/mol. The van der Waals surface area contributed by atoms with Gasteiger partial charge in [0, 0.05) is 0 Å². The summed E-state index contributed by atoms with van der Waals surface area (Å²) in [6.07, 6.45) is 2.06. The summed E-state index contributed by atoms with van der Waals surface area (Å²) in [7, 11) is 0. The summed E-state index contributed by atoms with van der Waals surface area (Å²) < 4.78 is 9.59. The topological polar surface area (TPSA) is 27.1 Å². The van der Waals surface area contributed by atoms with E-state index in [1.54, 1.807) is 6.33 Å². The molecule has 68 valence electrons. The summed E-state index contributed by atoms with van der Waals surface area (Å²) in [5.41, 5.74) is 0. The summed E-state index contributed by atoms with van der Waals surface area (Å²) in [6.45, 7) is 4.63. The number of imidazole rings is 1. The highest BCUT2D eigenvalue weighted by Gasteiger charge is 2.04. The zero-order chi connectivity index (χ0) is 9.14. The Kier molecular flexibility index (Phi) is 4.24. The van der Waals surface area contributed by atoms with Crippen molar-refractivity contribution in [1.82, 2.24) is 9.55 Å². The molecule has 0 unspecified atom stereocenters. The minimum absolute atomic E-state index is 0.265. The maximum Gasteiger partial charge on any atom is 0.133 e. The Balaban J connectivity index is 2.58. The third-order valence-corrected chi connectivity index (χ3v) is 4.23. The fourth-order valence-corrected chi connectivity index (χ4v) is 1.50. The molecule has 0 saturated carbocycles. The Hall–Kier alpha value is 0.630. The van der Waals surface area contributed by atoms with E-state index in [9.17, 15) is 0 Å². The standard InChI is InChI=1S/C7H10I2N2O/c1-5(2)12-4-11-3-10-6(8)7(11)9/h3,5H,4H2,1-2H3. The highest BCUT2D eigenvalue weighted by molar-refractivity contribution is 14.1. The molecule has 1 rings (SSSR count). The maximum absolute atomic E-state index is 5.44. The lowest BCUT2D eigenvalue weighted by Gasteiger charge is -2.08. The number of ether oxygens (including phenoxy) is 1. The number of hydrogen-bond donors (Lipinski definition) is 0. The van der Waals surface area contributed by atoms with Crippen LogP contribution in [0.5, 0.6) is 0 Å². The van der Waals surface area contributed by atoms with Gasteiger partial charge in [-0.15, -0.1) is 0 Å². The predicted molar refractivity (Wildman–Crippen MR) is 63.9 cm³/mol. The molecule has 3 nitrogen and oxygen atoms in total. The molecule has 0 spiro atoms. The van der Waals surface area contributed by atoms with Gasteiger partial charge in [-0.2, -0.15) is 0 Å². The summed E-state index contributed by atoms with van der Waals surface area (Å²) in [5.74, 6) is 0. The first-order valence-corrected chi connectivity index (χ1v) is 5.74. The van der Waals surface area contributed by atoms with Crippen molar-refractivity contribution in [3.05, 3.63) is 13.7 Å². The molecule has 0 atom stereocenters. The van der Waals surface area contributed by atoms with Gasteiger partial charge in [0.05, 0.1) is 12.4 Å². The van der Waals surface area contributed by atoms with Crippen molar-refractivity contribution < 1.29 is 4.74 Å². The van der Waals surface area contributed by atoms with Crippen molar-refractivity contribution in [2.24, 2.45) is 0 Å². The Labute approximate surface area is 99.2 Å². The van der Waals surface area contributed by atoms with Crippen LogP contribution in [0, 0.1) is 7.40 Å². The van der Waals surface area contributed by atoms with E-state index in [0.717, 1.165) is 7.40 Å². The molecule has 0 bridgehead atoms. The lowest BCUT2D eigenvalue weighted by molar-refractivity contribution is 0.0273. The first-order valence-electron chi connectivity index (χ1n) is 3.59. The number of rotatable bonds is 3. The highest BCUT2D eigenvalue weighted by atomic mass is 127. The Bertz CT molecular complexity index is 260. The largest absolute Gasteiger partial charge is 0.358 e. The van der Waals surface area contributed by atoms with Crippen molar-refractivity contribution >= 4 is 45.2 Å². The van der Waals surface area contributed by atoms with E-state index < -0.39 is 0 Å². The van der Waals surface area contributed by atoms with Crippen LogP contribution in [-0.2, 0) is 11.5 Å². The maximum atomic E-state index is 5.44. The van der Waals surface area contributed by atoms with E-state index in [0.29, 0.717) is 6.73 Å². The second-order valence-corrected chi connectivity index (χ2v) is 4.68. The molecule has 1 aromatic heterocycles. The van der Waals surface area contributed by atoms with Gasteiger partial charge in [0.15, 0.2) is 0 Å². The molecule has 0 saturated heterocycles.